The largest absolute Gasteiger partial charge is 0.360 e. The predicted molar refractivity (Wildman–Crippen MR) is 155 cm³/mol. The van der Waals surface area contributed by atoms with Gasteiger partial charge in [0.25, 0.3) is 0 Å². The molecule has 9 nitrogen and oxygen atoms in total. The van der Waals surface area contributed by atoms with Gasteiger partial charge in [-0.1, -0.05) is 25.5 Å². The molecular formula is C31H36N8O. The number of carbonyl (C=O) groups excluding carboxylic acids is 1. The molecule has 1 saturated carbocycles. The maximum absolute atomic E-state index is 12.8. The second kappa shape index (κ2) is 10.4. The molecule has 3 fully saturated rings. The minimum Gasteiger partial charge on any atom is -0.360 e. The molecule has 9 heteroatoms. The number of nitrogens with zero attached hydrogens (tertiary/aromatic N) is 8. The van der Waals surface area contributed by atoms with E-state index in [-0.39, 0.29) is 11.3 Å². The average molecular weight is 537 g/mol. The van der Waals surface area contributed by atoms with E-state index in [4.69, 9.17) is 4.99 Å². The van der Waals surface area contributed by atoms with Gasteiger partial charge in [0.1, 0.15) is 11.9 Å². The van der Waals surface area contributed by atoms with Crippen LogP contribution in [0.1, 0.15) is 56.6 Å². The van der Waals surface area contributed by atoms with E-state index in [1.54, 1.807) is 21.5 Å². The van der Waals surface area contributed by atoms with Crippen molar-refractivity contribution in [1.82, 2.24) is 29.2 Å². The van der Waals surface area contributed by atoms with Crippen molar-refractivity contribution in [1.29, 1.82) is 5.26 Å². The average Bonchev–Trinajstić information content (AvgIpc) is 3.72. The van der Waals surface area contributed by atoms with E-state index in [2.05, 4.69) is 32.6 Å². The van der Waals surface area contributed by atoms with Crippen molar-refractivity contribution in [3.8, 4) is 17.2 Å². The number of aromatic nitrogens is 4. The van der Waals surface area contributed by atoms with Gasteiger partial charge in [0.2, 0.25) is 5.91 Å². The Morgan fingerprint density at radius 1 is 1.12 bits per heavy atom. The SMILES string of the molecule is C=C/C(=C\N=C(C)N1CCC2(CC1)CN(C(=O)C1CCCC1)C2)c1cc(-c2cnn(C)c2)cn2ncc(C#N)c12. The second-order valence-electron chi connectivity index (χ2n) is 11.6. The first-order chi connectivity index (χ1) is 19.4. The minimum atomic E-state index is 0.274. The van der Waals surface area contributed by atoms with Crippen LogP contribution in [-0.4, -0.2) is 67.1 Å². The van der Waals surface area contributed by atoms with Crippen molar-refractivity contribution in [3.63, 3.8) is 0 Å². The van der Waals surface area contributed by atoms with Crippen LogP contribution in [0.3, 0.4) is 0 Å². The van der Waals surface area contributed by atoms with E-state index in [0.717, 1.165) is 85.5 Å². The van der Waals surface area contributed by atoms with E-state index >= 15 is 0 Å². The number of amides is 1. The third-order valence-corrected chi connectivity index (χ3v) is 9.04. The number of hydrogen-bond acceptors (Lipinski definition) is 5. The lowest BCUT2D eigenvalue weighted by Gasteiger charge is -2.54. The van der Waals surface area contributed by atoms with Crippen molar-refractivity contribution >= 4 is 22.8 Å². The Kier molecular flexibility index (Phi) is 6.78. The Labute approximate surface area is 235 Å². The number of piperidine rings is 1. The first kappa shape index (κ1) is 26.1. The van der Waals surface area contributed by atoms with Gasteiger partial charge in [0, 0.05) is 85.4 Å². The highest BCUT2D eigenvalue weighted by Crippen LogP contribution is 2.42. The Hall–Kier alpha value is -4.19. The summed E-state index contributed by atoms with van der Waals surface area (Å²) >= 11 is 0. The molecule has 0 aromatic carbocycles. The van der Waals surface area contributed by atoms with Crippen LogP contribution in [0, 0.1) is 22.7 Å². The zero-order valence-corrected chi connectivity index (χ0v) is 23.4. The van der Waals surface area contributed by atoms with Gasteiger partial charge in [-0.3, -0.25) is 9.48 Å². The van der Waals surface area contributed by atoms with Crippen LogP contribution < -0.4 is 0 Å². The maximum atomic E-state index is 12.8. The quantitative estimate of drug-likeness (QED) is 0.268. The smallest absolute Gasteiger partial charge is 0.225 e. The first-order valence-electron chi connectivity index (χ1n) is 14.2. The molecule has 3 aromatic rings. The van der Waals surface area contributed by atoms with Crippen LogP contribution in [0.4, 0.5) is 0 Å². The Bertz CT molecular complexity index is 1550. The number of carbonyl (C=O) groups is 1. The number of hydrogen-bond donors (Lipinski definition) is 0. The number of pyridine rings is 1. The van der Waals surface area contributed by atoms with Crippen molar-refractivity contribution < 1.29 is 4.79 Å². The number of nitriles is 1. The number of fused-ring (bicyclic) bond motifs is 1. The fraction of sp³-hybridized carbons (Fsp3) is 0.452. The van der Waals surface area contributed by atoms with Crippen molar-refractivity contribution in [2.75, 3.05) is 26.2 Å². The number of likely N-dealkylation sites (tertiary alicyclic amines) is 2. The fourth-order valence-electron chi connectivity index (χ4n) is 6.60. The minimum absolute atomic E-state index is 0.274. The maximum Gasteiger partial charge on any atom is 0.225 e. The number of amidine groups is 1. The molecule has 0 atom stereocenters. The lowest BCUT2D eigenvalue weighted by Crippen LogP contribution is -2.62. The van der Waals surface area contributed by atoms with Crippen LogP contribution >= 0.6 is 0 Å². The van der Waals surface area contributed by atoms with Crippen molar-refractivity contribution in [2.45, 2.75) is 45.4 Å². The zero-order chi connectivity index (χ0) is 27.9. The van der Waals surface area contributed by atoms with Crippen molar-refractivity contribution in [2.24, 2.45) is 23.4 Å². The molecule has 1 amide bonds. The molecule has 40 heavy (non-hydrogen) atoms. The van der Waals surface area contributed by atoms with Crippen LogP contribution in [0.2, 0.25) is 0 Å². The van der Waals surface area contributed by atoms with E-state index in [9.17, 15) is 10.1 Å². The summed E-state index contributed by atoms with van der Waals surface area (Å²) in [5.74, 6) is 1.63. The Balaban J connectivity index is 1.19. The molecule has 0 radical (unpaired) electrons. The highest BCUT2D eigenvalue weighted by atomic mass is 16.2. The highest BCUT2D eigenvalue weighted by Gasteiger charge is 2.47. The highest BCUT2D eigenvalue weighted by molar-refractivity contribution is 5.90. The first-order valence-corrected chi connectivity index (χ1v) is 14.2. The summed E-state index contributed by atoms with van der Waals surface area (Å²) in [6.45, 7) is 9.83. The third kappa shape index (κ3) is 4.72. The van der Waals surface area contributed by atoms with Crippen LogP contribution in [0.5, 0.6) is 0 Å². The molecule has 2 aliphatic heterocycles. The van der Waals surface area contributed by atoms with Crippen LogP contribution in [0.15, 0.2) is 54.7 Å². The Morgan fingerprint density at radius 2 is 1.88 bits per heavy atom. The normalized spacial score (nSPS) is 19.7. The predicted octanol–water partition coefficient (Wildman–Crippen LogP) is 4.67. The molecule has 6 rings (SSSR count). The van der Waals surface area contributed by atoms with Gasteiger partial charge in [-0.2, -0.15) is 15.5 Å². The van der Waals surface area contributed by atoms with E-state index in [1.165, 1.54) is 12.8 Å². The summed E-state index contributed by atoms with van der Waals surface area (Å²) in [7, 11) is 1.89. The van der Waals surface area contributed by atoms with E-state index < -0.39 is 0 Å². The number of aryl methyl sites for hydroxylation is 1. The molecule has 1 spiro atoms. The van der Waals surface area contributed by atoms with Gasteiger partial charge in [-0.05, 0) is 38.7 Å². The summed E-state index contributed by atoms with van der Waals surface area (Å²) in [6, 6.07) is 4.31. The molecule has 3 aliphatic rings. The number of allylic oxidation sites excluding steroid dienone is 2. The molecular weight excluding hydrogens is 500 g/mol. The van der Waals surface area contributed by atoms with Crippen LogP contribution in [0.25, 0.3) is 22.2 Å². The topological polar surface area (TPSA) is 94.8 Å². The van der Waals surface area contributed by atoms with Gasteiger partial charge in [-0.25, -0.2) is 9.51 Å². The summed E-state index contributed by atoms with van der Waals surface area (Å²) in [5.41, 5.74) is 5.09. The van der Waals surface area contributed by atoms with Gasteiger partial charge < -0.3 is 9.80 Å². The second-order valence-corrected chi connectivity index (χ2v) is 11.6. The van der Waals surface area contributed by atoms with Gasteiger partial charge in [0.15, 0.2) is 0 Å². The summed E-state index contributed by atoms with van der Waals surface area (Å²) in [6.07, 6.45) is 17.6. The standard InChI is InChI=1S/C31H36N8O/c1-4-23(28-13-25(27-17-34-36(3)18-27)19-39-29(28)26(14-32)16-35-39)15-33-22(2)37-11-9-31(10-12-37)20-38(21-31)30(40)24-7-5-6-8-24/h4,13,15-19,24H,1,5-12,20-21H2,2-3H3/b23-15+,33-22?. The molecule has 0 N–H and O–H groups in total. The molecule has 206 valence electrons. The van der Waals surface area contributed by atoms with Gasteiger partial charge in [0.05, 0.1) is 23.5 Å². The lowest BCUT2D eigenvalue weighted by atomic mass is 9.71. The van der Waals surface area contributed by atoms with Crippen molar-refractivity contribution in [3.05, 3.63) is 60.8 Å². The molecule has 2 saturated heterocycles. The molecule has 5 heterocycles. The number of aliphatic imine (C=N–C) groups is 1. The molecule has 3 aromatic heterocycles. The molecule has 1 aliphatic carbocycles. The summed E-state index contributed by atoms with van der Waals surface area (Å²) < 4.78 is 3.51. The molecule has 0 bridgehead atoms. The van der Waals surface area contributed by atoms with Gasteiger partial charge >= 0.3 is 0 Å². The third-order valence-electron chi connectivity index (χ3n) is 9.04. The number of rotatable bonds is 5. The summed E-state index contributed by atoms with van der Waals surface area (Å²) in [4.78, 5) is 22.1. The van der Waals surface area contributed by atoms with E-state index in [1.807, 2.05) is 44.8 Å². The monoisotopic (exact) mass is 536 g/mol. The van der Waals surface area contributed by atoms with Gasteiger partial charge in [-0.15, -0.1) is 0 Å². The van der Waals surface area contributed by atoms with Crippen LogP contribution in [-0.2, 0) is 11.8 Å². The van der Waals surface area contributed by atoms with E-state index in [0.29, 0.717) is 11.5 Å². The lowest BCUT2D eigenvalue weighted by molar-refractivity contribution is -0.150. The zero-order valence-electron chi connectivity index (χ0n) is 23.4. The fourth-order valence-corrected chi connectivity index (χ4v) is 6.60. The molecule has 0 unspecified atom stereocenters. The summed E-state index contributed by atoms with van der Waals surface area (Å²) in [5, 5.41) is 18.5. The Morgan fingerprint density at radius 3 is 2.52 bits per heavy atom.